The first kappa shape index (κ1) is 11.5. The molecule has 2 nitrogen and oxygen atoms in total. The van der Waals surface area contributed by atoms with Gasteiger partial charge in [0, 0.05) is 30.2 Å². The molecule has 1 aliphatic heterocycles. The first-order chi connectivity index (χ1) is 7.81. The summed E-state index contributed by atoms with van der Waals surface area (Å²) in [6.07, 6.45) is 1.02. The predicted octanol–water partition coefficient (Wildman–Crippen LogP) is 2.44. The van der Waals surface area contributed by atoms with Gasteiger partial charge in [0.05, 0.1) is 0 Å². The number of carbonyl (C=O) groups excluding carboxylic acids is 1. The van der Waals surface area contributed by atoms with Gasteiger partial charge in [-0.15, -0.1) is 0 Å². The van der Waals surface area contributed by atoms with Crippen LogP contribution in [0.5, 0.6) is 0 Å². The van der Waals surface area contributed by atoms with Gasteiger partial charge < -0.3 is 4.90 Å². The smallest absolute Gasteiger partial charge is 0.253 e. The molecule has 3 heteroatoms. The SMILES string of the molecule is CCc1ccc(C(=O)N2CCSCC2)cc1. The summed E-state index contributed by atoms with van der Waals surface area (Å²) in [6, 6.07) is 7.99. The van der Waals surface area contributed by atoms with Crippen LogP contribution in [0.3, 0.4) is 0 Å². The maximum absolute atomic E-state index is 12.1. The molecule has 1 aromatic carbocycles. The highest BCUT2D eigenvalue weighted by molar-refractivity contribution is 7.99. The van der Waals surface area contributed by atoms with Crippen molar-refractivity contribution in [1.29, 1.82) is 0 Å². The Morgan fingerprint density at radius 1 is 1.25 bits per heavy atom. The molecule has 0 atom stereocenters. The number of nitrogens with zero attached hydrogens (tertiary/aromatic N) is 1. The first-order valence-electron chi connectivity index (χ1n) is 5.77. The van der Waals surface area contributed by atoms with E-state index in [1.807, 2.05) is 40.9 Å². The molecule has 0 unspecified atom stereocenters. The molecule has 0 aromatic heterocycles. The summed E-state index contributed by atoms with van der Waals surface area (Å²) in [6.45, 7) is 3.90. The molecule has 1 fully saturated rings. The Kier molecular flexibility index (Phi) is 3.88. The van der Waals surface area contributed by atoms with E-state index in [-0.39, 0.29) is 5.91 Å². The lowest BCUT2D eigenvalue weighted by molar-refractivity contribution is 0.0772. The van der Waals surface area contributed by atoms with Gasteiger partial charge in [-0.2, -0.15) is 11.8 Å². The van der Waals surface area contributed by atoms with Gasteiger partial charge in [-0.1, -0.05) is 19.1 Å². The summed E-state index contributed by atoms with van der Waals surface area (Å²) in [5.41, 5.74) is 2.11. The molecule has 1 amide bonds. The van der Waals surface area contributed by atoms with Crippen molar-refractivity contribution in [3.8, 4) is 0 Å². The normalized spacial score (nSPS) is 16.2. The Morgan fingerprint density at radius 3 is 2.44 bits per heavy atom. The standard InChI is InChI=1S/C13H17NOS/c1-2-11-3-5-12(6-4-11)13(15)14-7-9-16-10-8-14/h3-6H,2,7-10H2,1H3. The fourth-order valence-electron chi connectivity index (χ4n) is 1.83. The van der Waals surface area contributed by atoms with E-state index in [1.54, 1.807) is 0 Å². The van der Waals surface area contributed by atoms with Gasteiger partial charge in [-0.25, -0.2) is 0 Å². The molecule has 0 radical (unpaired) electrons. The van der Waals surface area contributed by atoms with E-state index in [1.165, 1.54) is 5.56 Å². The van der Waals surface area contributed by atoms with E-state index in [4.69, 9.17) is 0 Å². The number of carbonyl (C=O) groups is 1. The zero-order chi connectivity index (χ0) is 11.4. The molecule has 0 aliphatic carbocycles. The summed E-state index contributed by atoms with van der Waals surface area (Å²) in [5.74, 6) is 2.32. The number of hydrogen-bond acceptors (Lipinski definition) is 2. The average Bonchev–Trinajstić information content (AvgIpc) is 2.39. The summed E-state index contributed by atoms with van der Waals surface area (Å²) in [7, 11) is 0. The van der Waals surface area contributed by atoms with Gasteiger partial charge >= 0.3 is 0 Å². The molecule has 2 rings (SSSR count). The van der Waals surface area contributed by atoms with Crippen LogP contribution in [-0.2, 0) is 6.42 Å². The summed E-state index contributed by atoms with van der Waals surface area (Å²) in [5, 5.41) is 0. The maximum atomic E-state index is 12.1. The number of amides is 1. The lowest BCUT2D eigenvalue weighted by Gasteiger charge is -2.26. The van der Waals surface area contributed by atoms with Crippen LogP contribution in [0, 0.1) is 0 Å². The summed E-state index contributed by atoms with van der Waals surface area (Å²) < 4.78 is 0. The summed E-state index contributed by atoms with van der Waals surface area (Å²) in [4.78, 5) is 14.1. The molecule has 16 heavy (non-hydrogen) atoms. The number of aryl methyl sites for hydroxylation is 1. The number of rotatable bonds is 2. The minimum Gasteiger partial charge on any atom is -0.337 e. The molecular weight excluding hydrogens is 218 g/mol. The third kappa shape index (κ3) is 2.59. The number of benzene rings is 1. The van der Waals surface area contributed by atoms with E-state index in [9.17, 15) is 4.79 Å². The van der Waals surface area contributed by atoms with Gasteiger partial charge in [0.25, 0.3) is 5.91 Å². The van der Waals surface area contributed by atoms with Gasteiger partial charge in [0.2, 0.25) is 0 Å². The van der Waals surface area contributed by atoms with Crippen LogP contribution in [0.2, 0.25) is 0 Å². The molecular formula is C13H17NOS. The average molecular weight is 235 g/mol. The van der Waals surface area contributed by atoms with Crippen LogP contribution in [0.4, 0.5) is 0 Å². The van der Waals surface area contributed by atoms with Crippen molar-refractivity contribution in [1.82, 2.24) is 4.90 Å². The van der Waals surface area contributed by atoms with Crippen LogP contribution < -0.4 is 0 Å². The molecule has 1 aromatic rings. The zero-order valence-electron chi connectivity index (χ0n) is 9.61. The van der Waals surface area contributed by atoms with E-state index in [2.05, 4.69) is 6.92 Å². The second-order valence-corrected chi connectivity index (χ2v) is 5.18. The van der Waals surface area contributed by atoms with Gasteiger partial charge in [0.1, 0.15) is 0 Å². The van der Waals surface area contributed by atoms with Crippen molar-refractivity contribution in [3.63, 3.8) is 0 Å². The monoisotopic (exact) mass is 235 g/mol. The van der Waals surface area contributed by atoms with E-state index >= 15 is 0 Å². The van der Waals surface area contributed by atoms with Crippen molar-refractivity contribution in [2.75, 3.05) is 24.6 Å². The molecule has 86 valence electrons. The highest BCUT2D eigenvalue weighted by Gasteiger charge is 2.17. The lowest BCUT2D eigenvalue weighted by atomic mass is 10.1. The van der Waals surface area contributed by atoms with Crippen molar-refractivity contribution < 1.29 is 4.79 Å². The van der Waals surface area contributed by atoms with Crippen molar-refractivity contribution >= 4 is 17.7 Å². The Balaban J connectivity index is 2.07. The number of hydrogen-bond donors (Lipinski definition) is 0. The Labute approximate surface area is 101 Å². The third-order valence-electron chi connectivity index (χ3n) is 2.91. The second kappa shape index (κ2) is 5.39. The highest BCUT2D eigenvalue weighted by Crippen LogP contribution is 2.13. The van der Waals surface area contributed by atoms with Crippen LogP contribution in [0.15, 0.2) is 24.3 Å². The molecule has 0 spiro atoms. The van der Waals surface area contributed by atoms with Crippen LogP contribution in [0.25, 0.3) is 0 Å². The molecule has 1 saturated heterocycles. The molecule has 0 N–H and O–H groups in total. The summed E-state index contributed by atoms with van der Waals surface area (Å²) >= 11 is 1.92. The van der Waals surface area contributed by atoms with Gasteiger partial charge in [-0.05, 0) is 24.1 Å². The fraction of sp³-hybridized carbons (Fsp3) is 0.462. The van der Waals surface area contributed by atoms with Crippen LogP contribution >= 0.6 is 11.8 Å². The third-order valence-corrected chi connectivity index (χ3v) is 3.85. The highest BCUT2D eigenvalue weighted by atomic mass is 32.2. The second-order valence-electron chi connectivity index (χ2n) is 3.96. The van der Waals surface area contributed by atoms with Gasteiger partial charge in [-0.3, -0.25) is 4.79 Å². The van der Waals surface area contributed by atoms with Crippen molar-refractivity contribution in [3.05, 3.63) is 35.4 Å². The number of thioether (sulfide) groups is 1. The molecule has 1 aliphatic rings. The van der Waals surface area contributed by atoms with E-state index < -0.39 is 0 Å². The Bertz CT molecular complexity index is 355. The minimum absolute atomic E-state index is 0.183. The van der Waals surface area contributed by atoms with Crippen LogP contribution in [0.1, 0.15) is 22.8 Å². The van der Waals surface area contributed by atoms with Gasteiger partial charge in [0.15, 0.2) is 0 Å². The van der Waals surface area contributed by atoms with E-state index in [0.717, 1.165) is 36.6 Å². The fourth-order valence-corrected chi connectivity index (χ4v) is 2.74. The minimum atomic E-state index is 0.183. The lowest BCUT2D eigenvalue weighted by Crippen LogP contribution is -2.37. The van der Waals surface area contributed by atoms with Crippen molar-refractivity contribution in [2.45, 2.75) is 13.3 Å². The quantitative estimate of drug-likeness (QED) is 0.784. The zero-order valence-corrected chi connectivity index (χ0v) is 10.4. The molecule has 0 saturated carbocycles. The predicted molar refractivity (Wildman–Crippen MR) is 69.0 cm³/mol. The van der Waals surface area contributed by atoms with Crippen LogP contribution in [-0.4, -0.2) is 35.4 Å². The van der Waals surface area contributed by atoms with E-state index in [0.29, 0.717) is 0 Å². The topological polar surface area (TPSA) is 20.3 Å². The molecule has 0 bridgehead atoms. The Hall–Kier alpha value is -0.960. The Morgan fingerprint density at radius 2 is 1.88 bits per heavy atom. The largest absolute Gasteiger partial charge is 0.337 e. The van der Waals surface area contributed by atoms with Crippen molar-refractivity contribution in [2.24, 2.45) is 0 Å². The molecule has 1 heterocycles. The first-order valence-corrected chi connectivity index (χ1v) is 6.92. The maximum Gasteiger partial charge on any atom is 0.253 e.